The average molecular weight is 278 g/mol. The molecule has 0 spiro atoms. The lowest BCUT2D eigenvalue weighted by molar-refractivity contribution is 0.0751. The second-order valence-electron chi connectivity index (χ2n) is 4.60. The minimum Gasteiger partial charge on any atom is -0.339 e. The number of nitrogens with zero attached hydrogens (tertiary/aromatic N) is 3. The molecule has 0 radical (unpaired) electrons. The van der Waals surface area contributed by atoms with Gasteiger partial charge in [0.2, 0.25) is 0 Å². The molecule has 1 aliphatic rings. The molecular weight excluding hydrogens is 264 g/mol. The van der Waals surface area contributed by atoms with E-state index >= 15 is 0 Å². The van der Waals surface area contributed by atoms with Gasteiger partial charge in [0.25, 0.3) is 11.5 Å². The van der Waals surface area contributed by atoms with Crippen LogP contribution in [0.25, 0.3) is 10.9 Å². The van der Waals surface area contributed by atoms with Crippen LogP contribution in [0.3, 0.4) is 0 Å². The summed E-state index contributed by atoms with van der Waals surface area (Å²) in [5.74, 6) is 0.665. The molecule has 2 aromatic rings. The second-order valence-corrected chi connectivity index (χ2v) is 5.47. The van der Waals surface area contributed by atoms with Crippen molar-refractivity contribution in [3.8, 4) is 0 Å². The minimum atomic E-state index is -0.239. The van der Waals surface area contributed by atoms with Crippen LogP contribution in [0.2, 0.25) is 0 Å². The normalized spacial score (nSPS) is 15.1. The topological polar surface area (TPSA) is 71.0 Å². The van der Waals surface area contributed by atoms with E-state index in [9.17, 15) is 9.59 Å². The largest absolute Gasteiger partial charge is 0.339 e. The highest BCUT2D eigenvalue weighted by Gasteiger charge is 2.26. The molecule has 0 bridgehead atoms. The van der Waals surface area contributed by atoms with Crippen LogP contribution in [0.15, 0.2) is 10.9 Å². The number of hydrogen-bond donors (Lipinski definition) is 1. The van der Waals surface area contributed by atoms with E-state index in [0.29, 0.717) is 29.9 Å². The highest BCUT2D eigenvalue weighted by Crippen LogP contribution is 2.24. The first-order valence-electron chi connectivity index (χ1n) is 5.98. The summed E-state index contributed by atoms with van der Waals surface area (Å²) in [7, 11) is 1.77. The molecule has 1 aliphatic heterocycles. The van der Waals surface area contributed by atoms with E-state index in [4.69, 9.17) is 0 Å². The Kier molecular flexibility index (Phi) is 2.85. The predicted octanol–water partition coefficient (Wildman–Crippen LogP) is 0.673. The number of H-pyrrole nitrogens is 1. The Balaban J connectivity index is 2.34. The van der Waals surface area contributed by atoms with Crippen LogP contribution in [0.5, 0.6) is 0 Å². The van der Waals surface area contributed by atoms with E-state index in [1.54, 1.807) is 29.8 Å². The van der Waals surface area contributed by atoms with Gasteiger partial charge in [-0.25, -0.2) is 5.10 Å². The lowest BCUT2D eigenvalue weighted by Crippen LogP contribution is -2.36. The molecule has 1 N–H and O–H groups in total. The fraction of sp³-hybridized carbons (Fsp3) is 0.417. The first-order valence-corrected chi connectivity index (χ1v) is 7.38. The summed E-state index contributed by atoms with van der Waals surface area (Å²) in [6.07, 6.45) is 1.98. The van der Waals surface area contributed by atoms with E-state index in [-0.39, 0.29) is 11.5 Å². The number of likely N-dealkylation sites (N-methyl/N-ethyl adjacent to an activating group) is 1. The number of fused-ring (bicyclic) bond motifs is 3. The molecule has 0 aromatic carbocycles. The fourth-order valence-corrected chi connectivity index (χ4v) is 2.93. The third kappa shape index (κ3) is 1.76. The Morgan fingerprint density at radius 3 is 2.95 bits per heavy atom. The maximum Gasteiger partial charge on any atom is 0.273 e. The van der Waals surface area contributed by atoms with Gasteiger partial charge in [-0.1, -0.05) is 0 Å². The van der Waals surface area contributed by atoms with Crippen molar-refractivity contribution in [2.75, 3.05) is 19.8 Å². The van der Waals surface area contributed by atoms with Crippen LogP contribution < -0.4 is 5.56 Å². The lowest BCUT2D eigenvalue weighted by atomic mass is 10.3. The number of thioether (sulfide) groups is 1. The standard InChI is InChI=1S/C12H14N4O2S/c1-15-3-4-16-9(12(15)18)5-7-10(16)8(6-19-2)13-14-11(7)17/h5H,3-4,6H2,1-2H3,(H,14,17). The van der Waals surface area contributed by atoms with E-state index in [2.05, 4.69) is 10.2 Å². The van der Waals surface area contributed by atoms with Crippen molar-refractivity contribution >= 4 is 28.6 Å². The van der Waals surface area contributed by atoms with Gasteiger partial charge in [0, 0.05) is 25.9 Å². The van der Waals surface area contributed by atoms with Gasteiger partial charge < -0.3 is 9.47 Å². The van der Waals surface area contributed by atoms with E-state index < -0.39 is 0 Å². The van der Waals surface area contributed by atoms with Crippen LogP contribution >= 0.6 is 11.8 Å². The molecule has 0 saturated carbocycles. The number of carbonyl (C=O) groups is 1. The summed E-state index contributed by atoms with van der Waals surface area (Å²) < 4.78 is 1.92. The van der Waals surface area contributed by atoms with E-state index in [1.807, 2.05) is 10.8 Å². The van der Waals surface area contributed by atoms with Gasteiger partial charge in [0.05, 0.1) is 16.6 Å². The molecule has 0 aliphatic carbocycles. The molecule has 0 atom stereocenters. The maximum absolute atomic E-state index is 12.1. The van der Waals surface area contributed by atoms with Gasteiger partial charge in [-0.3, -0.25) is 9.59 Å². The van der Waals surface area contributed by atoms with Crippen molar-refractivity contribution < 1.29 is 4.79 Å². The highest BCUT2D eigenvalue weighted by atomic mass is 32.2. The van der Waals surface area contributed by atoms with Crippen molar-refractivity contribution in [3.63, 3.8) is 0 Å². The molecule has 3 heterocycles. The first-order chi connectivity index (χ1) is 9.13. The Bertz CT molecular complexity index is 718. The first kappa shape index (κ1) is 12.3. The molecule has 100 valence electrons. The Morgan fingerprint density at radius 1 is 1.42 bits per heavy atom. The number of aromatic amines is 1. The summed E-state index contributed by atoms with van der Waals surface area (Å²) in [4.78, 5) is 25.7. The Labute approximate surface area is 113 Å². The fourth-order valence-electron chi connectivity index (χ4n) is 2.46. The van der Waals surface area contributed by atoms with Crippen LogP contribution in [-0.4, -0.2) is 45.4 Å². The zero-order valence-electron chi connectivity index (χ0n) is 10.8. The second kappa shape index (κ2) is 4.41. The quantitative estimate of drug-likeness (QED) is 0.876. The number of hydrogen-bond acceptors (Lipinski definition) is 4. The molecule has 0 saturated heterocycles. The number of carbonyl (C=O) groups excluding carboxylic acids is 1. The zero-order valence-corrected chi connectivity index (χ0v) is 11.6. The van der Waals surface area contributed by atoms with Crippen molar-refractivity contribution in [1.82, 2.24) is 19.7 Å². The molecule has 3 rings (SSSR count). The number of amides is 1. The van der Waals surface area contributed by atoms with Gasteiger partial charge in [-0.15, -0.1) is 0 Å². The Morgan fingerprint density at radius 2 is 2.21 bits per heavy atom. The van der Waals surface area contributed by atoms with Crippen molar-refractivity contribution in [3.05, 3.63) is 27.8 Å². The number of aromatic nitrogens is 3. The van der Waals surface area contributed by atoms with Crippen LogP contribution in [-0.2, 0) is 12.3 Å². The predicted molar refractivity (Wildman–Crippen MR) is 74.5 cm³/mol. The summed E-state index contributed by atoms with van der Waals surface area (Å²) in [6, 6.07) is 1.68. The van der Waals surface area contributed by atoms with Crippen LogP contribution in [0.1, 0.15) is 16.2 Å². The van der Waals surface area contributed by atoms with Gasteiger partial charge in [-0.05, 0) is 12.3 Å². The van der Waals surface area contributed by atoms with E-state index in [0.717, 1.165) is 11.2 Å². The smallest absolute Gasteiger partial charge is 0.273 e. The minimum absolute atomic E-state index is 0.0445. The Hall–Kier alpha value is -1.76. The summed E-state index contributed by atoms with van der Waals surface area (Å²) in [5, 5.41) is 7.18. The van der Waals surface area contributed by atoms with Gasteiger partial charge >= 0.3 is 0 Å². The molecule has 0 fully saturated rings. The van der Waals surface area contributed by atoms with Gasteiger partial charge in [-0.2, -0.15) is 16.9 Å². The highest BCUT2D eigenvalue weighted by molar-refractivity contribution is 7.97. The zero-order chi connectivity index (χ0) is 13.6. The molecule has 0 unspecified atom stereocenters. The SMILES string of the molecule is CSCc1n[nH]c(=O)c2cc3n(c12)CCN(C)C3=O. The summed E-state index contributed by atoms with van der Waals surface area (Å²) >= 11 is 1.64. The maximum atomic E-state index is 12.1. The monoisotopic (exact) mass is 278 g/mol. The average Bonchev–Trinajstić information content (AvgIpc) is 2.79. The number of nitrogens with one attached hydrogen (secondary N) is 1. The van der Waals surface area contributed by atoms with Crippen LogP contribution in [0, 0.1) is 0 Å². The van der Waals surface area contributed by atoms with Crippen LogP contribution in [0.4, 0.5) is 0 Å². The molecule has 19 heavy (non-hydrogen) atoms. The van der Waals surface area contributed by atoms with Gasteiger partial charge in [0.1, 0.15) is 5.69 Å². The number of rotatable bonds is 2. The molecule has 6 nitrogen and oxygen atoms in total. The molecule has 1 amide bonds. The lowest BCUT2D eigenvalue weighted by Gasteiger charge is -2.25. The van der Waals surface area contributed by atoms with Crippen molar-refractivity contribution in [2.24, 2.45) is 0 Å². The van der Waals surface area contributed by atoms with Crippen molar-refractivity contribution in [1.29, 1.82) is 0 Å². The van der Waals surface area contributed by atoms with E-state index in [1.165, 1.54) is 0 Å². The summed E-state index contributed by atoms with van der Waals surface area (Å²) in [5.41, 5.74) is 1.96. The van der Waals surface area contributed by atoms with Gasteiger partial charge in [0.15, 0.2) is 0 Å². The summed E-state index contributed by atoms with van der Waals surface area (Å²) in [6.45, 7) is 1.36. The van der Waals surface area contributed by atoms with Crippen molar-refractivity contribution in [2.45, 2.75) is 12.3 Å². The molecule has 7 heteroatoms. The third-order valence-corrected chi connectivity index (χ3v) is 3.98. The molecule has 2 aromatic heterocycles. The third-order valence-electron chi connectivity index (χ3n) is 3.41. The molecular formula is C12H14N4O2S.